The van der Waals surface area contributed by atoms with Gasteiger partial charge >= 0.3 is 0 Å². The van der Waals surface area contributed by atoms with E-state index in [4.69, 9.17) is 5.73 Å². The molecule has 2 heterocycles. The third-order valence-electron chi connectivity index (χ3n) is 1.90. The molecule has 0 amide bonds. The molecule has 15 heavy (non-hydrogen) atoms. The van der Waals surface area contributed by atoms with Crippen LogP contribution in [0.15, 0.2) is 29.0 Å². The van der Waals surface area contributed by atoms with E-state index in [1.165, 1.54) is 0 Å². The lowest BCUT2D eigenvalue weighted by molar-refractivity contribution is 0.790. The number of pyridine rings is 1. The Kier molecular flexibility index (Phi) is 5.59. The second kappa shape index (κ2) is 5.70. The Bertz CT molecular complexity index is 442. The standard InChI is InChI=1S/C9H10BrN3.2ClH/c1-6(11)8-5-13-4-7(10)2-3-9(13)12-8;;/h2-6H,11H2,1H3;2*1H/t6-;;/m1../s1. The highest BCUT2D eigenvalue weighted by atomic mass is 79.9. The zero-order valence-electron chi connectivity index (χ0n) is 8.05. The van der Waals surface area contributed by atoms with Gasteiger partial charge in [0.25, 0.3) is 0 Å². The van der Waals surface area contributed by atoms with E-state index in [0.717, 1.165) is 15.8 Å². The number of hydrogen-bond donors (Lipinski definition) is 1. The Morgan fingerprint density at radius 2 is 2.00 bits per heavy atom. The summed E-state index contributed by atoms with van der Waals surface area (Å²) < 4.78 is 3.00. The Hall–Kier alpha value is -0.290. The Morgan fingerprint density at radius 3 is 2.60 bits per heavy atom. The van der Waals surface area contributed by atoms with Crippen molar-refractivity contribution in [2.24, 2.45) is 5.73 Å². The number of aromatic nitrogens is 2. The van der Waals surface area contributed by atoms with E-state index in [9.17, 15) is 0 Å². The first-order valence-electron chi connectivity index (χ1n) is 4.06. The smallest absolute Gasteiger partial charge is 0.137 e. The Morgan fingerprint density at radius 1 is 1.33 bits per heavy atom. The van der Waals surface area contributed by atoms with Crippen LogP contribution in [0, 0.1) is 0 Å². The summed E-state index contributed by atoms with van der Waals surface area (Å²) in [5.74, 6) is 0. The number of fused-ring (bicyclic) bond motifs is 1. The van der Waals surface area contributed by atoms with Crippen LogP contribution in [0.3, 0.4) is 0 Å². The zero-order chi connectivity index (χ0) is 9.42. The molecule has 0 fully saturated rings. The highest BCUT2D eigenvalue weighted by Crippen LogP contribution is 2.14. The van der Waals surface area contributed by atoms with Crippen molar-refractivity contribution in [3.63, 3.8) is 0 Å². The van der Waals surface area contributed by atoms with Gasteiger partial charge in [0.05, 0.1) is 5.69 Å². The van der Waals surface area contributed by atoms with Crippen LogP contribution in [0.5, 0.6) is 0 Å². The summed E-state index contributed by atoms with van der Waals surface area (Å²) in [7, 11) is 0. The van der Waals surface area contributed by atoms with Crippen LogP contribution in [-0.2, 0) is 0 Å². The molecule has 2 rings (SSSR count). The molecule has 0 aromatic carbocycles. The van der Waals surface area contributed by atoms with Crippen molar-refractivity contribution in [3.8, 4) is 0 Å². The summed E-state index contributed by atoms with van der Waals surface area (Å²) in [5, 5.41) is 0. The molecule has 84 valence electrons. The first-order chi connectivity index (χ1) is 6.16. The average Bonchev–Trinajstić information content (AvgIpc) is 2.46. The van der Waals surface area contributed by atoms with Crippen molar-refractivity contribution in [3.05, 3.63) is 34.7 Å². The third-order valence-corrected chi connectivity index (χ3v) is 2.37. The molecule has 0 bridgehead atoms. The van der Waals surface area contributed by atoms with E-state index < -0.39 is 0 Å². The quantitative estimate of drug-likeness (QED) is 0.879. The van der Waals surface area contributed by atoms with Gasteiger partial charge in [-0.25, -0.2) is 4.98 Å². The molecule has 3 nitrogen and oxygen atoms in total. The van der Waals surface area contributed by atoms with E-state index in [2.05, 4.69) is 20.9 Å². The number of imidazole rings is 1. The molecule has 0 saturated heterocycles. The zero-order valence-corrected chi connectivity index (χ0v) is 11.3. The van der Waals surface area contributed by atoms with Crippen molar-refractivity contribution < 1.29 is 0 Å². The maximum atomic E-state index is 5.73. The van der Waals surface area contributed by atoms with Gasteiger partial charge in [-0.2, -0.15) is 0 Å². The molecule has 2 aromatic heterocycles. The summed E-state index contributed by atoms with van der Waals surface area (Å²) in [6.45, 7) is 1.93. The molecule has 6 heteroatoms. The largest absolute Gasteiger partial charge is 0.323 e. The highest BCUT2D eigenvalue weighted by molar-refractivity contribution is 9.10. The predicted molar refractivity (Wildman–Crippen MR) is 70.0 cm³/mol. The molecular formula is C9H12BrCl2N3. The average molecular weight is 313 g/mol. The molecule has 0 unspecified atom stereocenters. The van der Waals surface area contributed by atoms with Gasteiger partial charge in [-0.15, -0.1) is 24.8 Å². The van der Waals surface area contributed by atoms with Gasteiger partial charge < -0.3 is 10.1 Å². The number of halogens is 3. The molecule has 0 saturated carbocycles. The summed E-state index contributed by atoms with van der Waals surface area (Å²) in [4.78, 5) is 4.37. The molecule has 1 atom stereocenters. The lowest BCUT2D eigenvalue weighted by Gasteiger charge is -1.95. The van der Waals surface area contributed by atoms with Crippen LogP contribution in [-0.4, -0.2) is 9.38 Å². The van der Waals surface area contributed by atoms with Gasteiger partial charge in [0, 0.05) is 22.9 Å². The van der Waals surface area contributed by atoms with Crippen molar-refractivity contribution in [1.82, 2.24) is 9.38 Å². The van der Waals surface area contributed by atoms with Gasteiger partial charge in [-0.3, -0.25) is 0 Å². The van der Waals surface area contributed by atoms with Gasteiger partial charge in [0.15, 0.2) is 0 Å². The predicted octanol–water partition coefficient (Wildman–Crippen LogP) is 2.96. The number of hydrogen-bond acceptors (Lipinski definition) is 2. The van der Waals surface area contributed by atoms with Crippen molar-refractivity contribution in [2.75, 3.05) is 0 Å². The first kappa shape index (κ1) is 14.7. The van der Waals surface area contributed by atoms with Crippen LogP contribution in [0.25, 0.3) is 5.65 Å². The minimum absolute atomic E-state index is 0. The van der Waals surface area contributed by atoms with Crippen LogP contribution >= 0.6 is 40.7 Å². The Balaban J connectivity index is 0.000000980. The maximum Gasteiger partial charge on any atom is 0.137 e. The normalized spacial score (nSPS) is 11.7. The summed E-state index contributed by atoms with van der Waals surface area (Å²) >= 11 is 3.40. The van der Waals surface area contributed by atoms with Gasteiger partial charge in [-0.05, 0) is 35.0 Å². The summed E-state index contributed by atoms with van der Waals surface area (Å²) in [5.41, 5.74) is 7.57. The monoisotopic (exact) mass is 311 g/mol. The molecular weight excluding hydrogens is 301 g/mol. The van der Waals surface area contributed by atoms with Crippen molar-refractivity contribution in [2.45, 2.75) is 13.0 Å². The molecule has 0 aliphatic heterocycles. The third kappa shape index (κ3) is 3.08. The van der Waals surface area contributed by atoms with E-state index >= 15 is 0 Å². The maximum absolute atomic E-state index is 5.73. The van der Waals surface area contributed by atoms with Crippen LogP contribution in [0.4, 0.5) is 0 Å². The molecule has 0 spiro atoms. The van der Waals surface area contributed by atoms with Crippen molar-refractivity contribution >= 4 is 46.4 Å². The van der Waals surface area contributed by atoms with Gasteiger partial charge in [0.1, 0.15) is 5.65 Å². The number of rotatable bonds is 1. The van der Waals surface area contributed by atoms with Gasteiger partial charge in [-0.1, -0.05) is 0 Å². The van der Waals surface area contributed by atoms with Crippen LogP contribution in [0.2, 0.25) is 0 Å². The number of nitrogens with zero attached hydrogens (tertiary/aromatic N) is 2. The highest BCUT2D eigenvalue weighted by Gasteiger charge is 2.04. The SMILES string of the molecule is C[C@@H](N)c1cn2cc(Br)ccc2n1.Cl.Cl. The van der Waals surface area contributed by atoms with E-state index in [1.54, 1.807) is 0 Å². The van der Waals surface area contributed by atoms with Crippen LogP contribution < -0.4 is 5.73 Å². The van der Waals surface area contributed by atoms with Crippen molar-refractivity contribution in [1.29, 1.82) is 0 Å². The fraction of sp³-hybridized carbons (Fsp3) is 0.222. The topological polar surface area (TPSA) is 43.3 Å². The van der Waals surface area contributed by atoms with Crippen LogP contribution in [0.1, 0.15) is 18.7 Å². The second-order valence-electron chi connectivity index (χ2n) is 3.07. The fourth-order valence-corrected chi connectivity index (χ4v) is 1.56. The van der Waals surface area contributed by atoms with E-state index in [1.807, 2.05) is 35.9 Å². The summed E-state index contributed by atoms with van der Waals surface area (Å²) in [6.07, 6.45) is 3.92. The lowest BCUT2D eigenvalue weighted by atomic mass is 10.3. The van der Waals surface area contributed by atoms with Gasteiger partial charge in [0.2, 0.25) is 0 Å². The minimum Gasteiger partial charge on any atom is -0.323 e. The Labute approximate surface area is 109 Å². The molecule has 0 aliphatic carbocycles. The summed E-state index contributed by atoms with van der Waals surface area (Å²) in [6, 6.07) is 3.90. The van der Waals surface area contributed by atoms with E-state index in [-0.39, 0.29) is 30.9 Å². The van der Waals surface area contributed by atoms with E-state index in [0.29, 0.717) is 0 Å². The molecule has 2 N–H and O–H groups in total. The first-order valence-corrected chi connectivity index (χ1v) is 4.86. The fourth-order valence-electron chi connectivity index (χ4n) is 1.20. The second-order valence-corrected chi connectivity index (χ2v) is 3.98. The molecule has 0 aliphatic rings. The molecule has 2 aromatic rings. The molecule has 0 radical (unpaired) electrons. The minimum atomic E-state index is -0.0151. The lowest BCUT2D eigenvalue weighted by Crippen LogP contribution is -2.04. The number of nitrogens with two attached hydrogens (primary N) is 1.